The minimum Gasteiger partial charge on any atom is -0.480 e. The van der Waals surface area contributed by atoms with Crippen LogP contribution in [-0.4, -0.2) is 40.0 Å². The van der Waals surface area contributed by atoms with Crippen molar-refractivity contribution in [1.82, 2.24) is 10.3 Å². The van der Waals surface area contributed by atoms with Crippen LogP contribution in [0.2, 0.25) is 0 Å². The van der Waals surface area contributed by atoms with Crippen molar-refractivity contribution >= 4 is 23.6 Å². The summed E-state index contributed by atoms with van der Waals surface area (Å²) in [5, 5.41) is 12.1. The summed E-state index contributed by atoms with van der Waals surface area (Å²) >= 11 is 1.54. The van der Waals surface area contributed by atoms with Crippen molar-refractivity contribution in [2.24, 2.45) is 0 Å². The quantitative estimate of drug-likeness (QED) is 0.529. The Hall–Kier alpha value is -3.32. The first kappa shape index (κ1) is 21.4. The molecule has 154 valence electrons. The van der Waals surface area contributed by atoms with Crippen molar-refractivity contribution in [2.75, 3.05) is 12.0 Å². The van der Waals surface area contributed by atoms with Crippen molar-refractivity contribution in [1.29, 1.82) is 0 Å². The first-order chi connectivity index (χ1) is 14.6. The second kappa shape index (κ2) is 10.5. The van der Waals surface area contributed by atoms with Crippen LogP contribution in [0.15, 0.2) is 72.9 Å². The molecule has 2 aromatic carbocycles. The van der Waals surface area contributed by atoms with Gasteiger partial charge in [-0.15, -0.1) is 0 Å². The highest BCUT2D eigenvalue weighted by molar-refractivity contribution is 7.98. The number of aromatic nitrogens is 1. The lowest BCUT2D eigenvalue weighted by molar-refractivity contribution is -0.139. The minimum atomic E-state index is -1.05. The van der Waals surface area contributed by atoms with Crippen molar-refractivity contribution in [3.63, 3.8) is 0 Å². The summed E-state index contributed by atoms with van der Waals surface area (Å²) in [5.74, 6) is 0.123. The fraction of sp³-hybridized carbons (Fsp3) is 0.174. The number of benzene rings is 2. The van der Waals surface area contributed by atoms with Crippen LogP contribution in [0.5, 0.6) is 11.6 Å². The molecule has 30 heavy (non-hydrogen) atoms. The van der Waals surface area contributed by atoms with Gasteiger partial charge in [-0.3, -0.25) is 4.79 Å². The number of hydrogen-bond acceptors (Lipinski definition) is 5. The molecule has 0 saturated carbocycles. The Kier molecular flexibility index (Phi) is 7.45. The molecule has 0 spiro atoms. The molecular formula is C23H22N2O4S. The number of ether oxygens (including phenoxy) is 1. The molecule has 3 aromatic rings. The molecule has 2 N–H and O–H groups in total. The van der Waals surface area contributed by atoms with Crippen molar-refractivity contribution < 1.29 is 19.4 Å². The normalized spacial score (nSPS) is 11.5. The largest absolute Gasteiger partial charge is 0.480 e. The summed E-state index contributed by atoms with van der Waals surface area (Å²) in [4.78, 5) is 28.6. The predicted octanol–water partition coefficient (Wildman–Crippen LogP) is 4.48. The first-order valence-electron chi connectivity index (χ1n) is 9.39. The van der Waals surface area contributed by atoms with Crippen molar-refractivity contribution in [2.45, 2.75) is 12.5 Å². The van der Waals surface area contributed by atoms with Crippen LogP contribution in [0, 0.1) is 0 Å². The standard InChI is InChI=1S/C23H22N2O4S/c1-30-14-12-20(23(27)28)25-22(26)18-11-10-17(29-21-9-5-6-13-24-21)15-19(18)16-7-3-2-4-8-16/h2-11,13,15,20H,12,14H2,1H3,(H,25,26)(H,27,28). The number of rotatable bonds is 9. The van der Waals surface area contributed by atoms with E-state index in [0.29, 0.717) is 34.9 Å². The lowest BCUT2D eigenvalue weighted by atomic mass is 9.98. The van der Waals surface area contributed by atoms with E-state index >= 15 is 0 Å². The van der Waals surface area contributed by atoms with E-state index in [9.17, 15) is 14.7 Å². The second-order valence-corrected chi connectivity index (χ2v) is 7.47. The smallest absolute Gasteiger partial charge is 0.326 e. The van der Waals surface area contributed by atoms with Crippen molar-refractivity contribution in [3.05, 3.63) is 78.5 Å². The van der Waals surface area contributed by atoms with Crippen LogP contribution < -0.4 is 10.1 Å². The number of pyridine rings is 1. The topological polar surface area (TPSA) is 88.5 Å². The predicted molar refractivity (Wildman–Crippen MR) is 118 cm³/mol. The number of amides is 1. The van der Waals surface area contributed by atoms with E-state index < -0.39 is 17.9 Å². The molecule has 1 unspecified atom stereocenters. The Morgan fingerprint density at radius 1 is 1.10 bits per heavy atom. The number of nitrogens with one attached hydrogen (secondary N) is 1. The highest BCUT2D eigenvalue weighted by atomic mass is 32.2. The summed E-state index contributed by atoms with van der Waals surface area (Å²) in [6, 6.07) is 18.9. The lowest BCUT2D eigenvalue weighted by Crippen LogP contribution is -2.41. The first-order valence-corrected chi connectivity index (χ1v) is 10.8. The molecule has 0 fully saturated rings. The van der Waals surface area contributed by atoms with E-state index in [-0.39, 0.29) is 0 Å². The molecule has 1 amide bonds. The maximum atomic E-state index is 13.0. The van der Waals surface area contributed by atoms with E-state index in [1.807, 2.05) is 42.7 Å². The lowest BCUT2D eigenvalue weighted by Gasteiger charge is -2.17. The van der Waals surface area contributed by atoms with Gasteiger partial charge in [-0.1, -0.05) is 36.4 Å². The average molecular weight is 423 g/mol. The highest BCUT2D eigenvalue weighted by Gasteiger charge is 2.22. The highest BCUT2D eigenvalue weighted by Crippen LogP contribution is 2.30. The van der Waals surface area contributed by atoms with E-state index in [2.05, 4.69) is 10.3 Å². The van der Waals surface area contributed by atoms with Gasteiger partial charge in [-0.2, -0.15) is 11.8 Å². The molecule has 0 aliphatic heterocycles. The maximum absolute atomic E-state index is 13.0. The third-order valence-corrected chi connectivity index (χ3v) is 5.04. The average Bonchev–Trinajstić information content (AvgIpc) is 2.77. The van der Waals surface area contributed by atoms with Gasteiger partial charge in [0.15, 0.2) is 0 Å². The third-order valence-electron chi connectivity index (χ3n) is 4.39. The summed E-state index contributed by atoms with van der Waals surface area (Å²) in [6.07, 6.45) is 3.88. The second-order valence-electron chi connectivity index (χ2n) is 6.49. The van der Waals surface area contributed by atoms with Gasteiger partial charge in [-0.25, -0.2) is 9.78 Å². The minimum absolute atomic E-state index is 0.351. The van der Waals surface area contributed by atoms with Crippen LogP contribution in [0.4, 0.5) is 0 Å². The molecule has 3 rings (SSSR count). The van der Waals surface area contributed by atoms with Crippen LogP contribution in [0.3, 0.4) is 0 Å². The zero-order valence-corrected chi connectivity index (χ0v) is 17.3. The molecule has 1 aromatic heterocycles. The molecule has 6 nitrogen and oxygen atoms in total. The summed E-state index contributed by atoms with van der Waals surface area (Å²) in [5.41, 5.74) is 1.85. The van der Waals surface area contributed by atoms with Gasteiger partial charge >= 0.3 is 5.97 Å². The van der Waals surface area contributed by atoms with Crippen LogP contribution >= 0.6 is 11.8 Å². The van der Waals surface area contributed by atoms with E-state index in [4.69, 9.17) is 4.74 Å². The van der Waals surface area contributed by atoms with Gasteiger partial charge in [0.2, 0.25) is 5.88 Å². The molecule has 0 saturated heterocycles. The molecule has 7 heteroatoms. The van der Waals surface area contributed by atoms with E-state index in [1.165, 1.54) is 11.8 Å². The zero-order chi connectivity index (χ0) is 21.3. The van der Waals surface area contributed by atoms with Crippen LogP contribution in [0.1, 0.15) is 16.8 Å². The maximum Gasteiger partial charge on any atom is 0.326 e. The van der Waals surface area contributed by atoms with E-state index in [1.54, 1.807) is 36.5 Å². The van der Waals surface area contributed by atoms with Gasteiger partial charge in [-0.05, 0) is 53.8 Å². The number of carbonyl (C=O) groups is 2. The Labute approximate surface area is 179 Å². The fourth-order valence-electron chi connectivity index (χ4n) is 2.90. The zero-order valence-electron chi connectivity index (χ0n) is 16.4. The number of carbonyl (C=O) groups excluding carboxylic acids is 1. The Morgan fingerprint density at radius 2 is 1.87 bits per heavy atom. The Bertz CT molecular complexity index is 997. The number of carboxylic acids is 1. The molecule has 0 bridgehead atoms. The Morgan fingerprint density at radius 3 is 2.53 bits per heavy atom. The molecule has 0 aliphatic carbocycles. The van der Waals surface area contributed by atoms with Gasteiger partial charge in [0.25, 0.3) is 5.91 Å². The monoisotopic (exact) mass is 422 g/mol. The number of thioether (sulfide) groups is 1. The van der Waals surface area contributed by atoms with Gasteiger partial charge < -0.3 is 15.2 Å². The molecular weight excluding hydrogens is 400 g/mol. The number of nitrogens with zero attached hydrogens (tertiary/aromatic N) is 1. The summed E-state index contributed by atoms with van der Waals surface area (Å²) < 4.78 is 5.81. The van der Waals surface area contributed by atoms with E-state index in [0.717, 1.165) is 5.56 Å². The van der Waals surface area contributed by atoms with Gasteiger partial charge in [0, 0.05) is 17.8 Å². The molecule has 1 heterocycles. The fourth-order valence-corrected chi connectivity index (χ4v) is 3.37. The number of carboxylic acid groups (broad SMARTS) is 1. The molecule has 0 radical (unpaired) electrons. The number of hydrogen-bond donors (Lipinski definition) is 2. The Balaban J connectivity index is 1.92. The molecule has 1 atom stereocenters. The van der Waals surface area contributed by atoms with Gasteiger partial charge in [0.1, 0.15) is 11.8 Å². The SMILES string of the molecule is CSCCC(NC(=O)c1ccc(Oc2ccccn2)cc1-c1ccccc1)C(=O)O. The van der Waals surface area contributed by atoms with Crippen molar-refractivity contribution in [3.8, 4) is 22.8 Å². The van der Waals surface area contributed by atoms with Crippen LogP contribution in [-0.2, 0) is 4.79 Å². The number of aliphatic carboxylic acids is 1. The van der Waals surface area contributed by atoms with Crippen LogP contribution in [0.25, 0.3) is 11.1 Å². The molecule has 0 aliphatic rings. The summed E-state index contributed by atoms with van der Waals surface area (Å²) in [7, 11) is 0. The summed E-state index contributed by atoms with van der Waals surface area (Å²) in [6.45, 7) is 0. The third kappa shape index (κ3) is 5.61. The van der Waals surface area contributed by atoms with Gasteiger partial charge in [0.05, 0.1) is 0 Å².